The van der Waals surface area contributed by atoms with Crippen LogP contribution in [0.2, 0.25) is 0 Å². The maximum atomic E-state index is 4.34. The second-order valence-corrected chi connectivity index (χ2v) is 4.15. The molecule has 0 radical (unpaired) electrons. The molecule has 0 saturated heterocycles. The van der Waals surface area contributed by atoms with E-state index in [0.29, 0.717) is 12.5 Å². The van der Waals surface area contributed by atoms with Crippen molar-refractivity contribution in [1.82, 2.24) is 24.5 Å². The molecule has 2 rings (SSSR count). The Morgan fingerprint density at radius 3 is 3.00 bits per heavy atom. The topological polar surface area (TPSA) is 79.4 Å². The van der Waals surface area contributed by atoms with Gasteiger partial charge in [0, 0.05) is 17.5 Å². The maximum absolute atomic E-state index is 4.34. The van der Waals surface area contributed by atoms with Gasteiger partial charge in [0.15, 0.2) is 0 Å². The van der Waals surface area contributed by atoms with Gasteiger partial charge in [-0.3, -0.25) is 5.10 Å². The van der Waals surface area contributed by atoms with Crippen LogP contribution in [0.5, 0.6) is 0 Å². The zero-order chi connectivity index (χ0) is 10.7. The van der Waals surface area contributed by atoms with Crippen LogP contribution in [0.4, 0.5) is 5.13 Å². The third-order valence-electron chi connectivity index (χ3n) is 1.83. The molecular weight excluding hydrogens is 212 g/mol. The standard InChI is InChI=1S/C8H12N6S/c1-5(2)7-12-8(15-14-7)9-3-6-10-4-11-13-6/h4-5H,3H2,1-2H3,(H,9,12,14)(H,10,11,13). The first-order valence-corrected chi connectivity index (χ1v) is 5.45. The first-order valence-electron chi connectivity index (χ1n) is 4.67. The van der Waals surface area contributed by atoms with Crippen LogP contribution >= 0.6 is 11.5 Å². The van der Waals surface area contributed by atoms with Gasteiger partial charge in [0.2, 0.25) is 5.13 Å². The number of hydrogen-bond acceptors (Lipinski definition) is 6. The summed E-state index contributed by atoms with van der Waals surface area (Å²) in [4.78, 5) is 8.34. The van der Waals surface area contributed by atoms with E-state index in [1.165, 1.54) is 17.9 Å². The summed E-state index contributed by atoms with van der Waals surface area (Å²) in [6, 6.07) is 0. The van der Waals surface area contributed by atoms with Crippen LogP contribution in [0, 0.1) is 0 Å². The normalized spacial score (nSPS) is 10.9. The molecule has 2 aromatic heterocycles. The monoisotopic (exact) mass is 224 g/mol. The van der Waals surface area contributed by atoms with Crippen molar-refractivity contribution in [1.29, 1.82) is 0 Å². The lowest BCUT2D eigenvalue weighted by atomic mass is 10.2. The zero-order valence-electron chi connectivity index (χ0n) is 8.56. The van der Waals surface area contributed by atoms with Crippen molar-refractivity contribution in [2.45, 2.75) is 26.3 Å². The van der Waals surface area contributed by atoms with E-state index in [9.17, 15) is 0 Å². The molecule has 0 aliphatic heterocycles. The summed E-state index contributed by atoms with van der Waals surface area (Å²) in [7, 11) is 0. The molecule has 2 aromatic rings. The Kier molecular flexibility index (Phi) is 2.91. The van der Waals surface area contributed by atoms with E-state index in [2.05, 4.69) is 43.7 Å². The number of aromatic nitrogens is 5. The minimum Gasteiger partial charge on any atom is -0.353 e. The Morgan fingerprint density at radius 2 is 2.40 bits per heavy atom. The minimum absolute atomic E-state index is 0.363. The average Bonchev–Trinajstić information content (AvgIpc) is 2.86. The van der Waals surface area contributed by atoms with E-state index in [0.717, 1.165) is 16.8 Å². The molecule has 0 aliphatic carbocycles. The van der Waals surface area contributed by atoms with Crippen LogP contribution in [0.25, 0.3) is 0 Å². The SMILES string of the molecule is CC(C)c1nsc(NCc2ncn[nH]2)n1. The summed E-state index contributed by atoms with van der Waals surface area (Å²) in [5.74, 6) is 2.03. The van der Waals surface area contributed by atoms with E-state index in [4.69, 9.17) is 0 Å². The average molecular weight is 224 g/mol. The van der Waals surface area contributed by atoms with Gasteiger partial charge in [-0.25, -0.2) is 9.97 Å². The molecule has 7 heteroatoms. The molecule has 15 heavy (non-hydrogen) atoms. The predicted octanol–water partition coefficient (Wildman–Crippen LogP) is 1.39. The number of anilines is 1. The fourth-order valence-electron chi connectivity index (χ4n) is 1.02. The van der Waals surface area contributed by atoms with Gasteiger partial charge in [-0.15, -0.1) is 0 Å². The highest BCUT2D eigenvalue weighted by molar-refractivity contribution is 7.09. The van der Waals surface area contributed by atoms with Crippen LogP contribution in [0.3, 0.4) is 0 Å². The second kappa shape index (κ2) is 4.35. The summed E-state index contributed by atoms with van der Waals surface area (Å²) in [6.45, 7) is 4.73. The van der Waals surface area contributed by atoms with Crippen molar-refractivity contribution >= 4 is 16.7 Å². The van der Waals surface area contributed by atoms with Crippen LogP contribution in [0.1, 0.15) is 31.4 Å². The minimum atomic E-state index is 0.363. The molecule has 80 valence electrons. The molecule has 0 fully saturated rings. The number of hydrogen-bond donors (Lipinski definition) is 2. The van der Waals surface area contributed by atoms with Gasteiger partial charge in [0.25, 0.3) is 0 Å². The van der Waals surface area contributed by atoms with E-state index in [-0.39, 0.29) is 0 Å². The van der Waals surface area contributed by atoms with Crippen LogP contribution < -0.4 is 5.32 Å². The number of aromatic amines is 1. The third kappa shape index (κ3) is 2.50. The fourth-order valence-corrected chi connectivity index (χ4v) is 1.72. The first-order chi connectivity index (χ1) is 7.25. The van der Waals surface area contributed by atoms with Gasteiger partial charge < -0.3 is 5.32 Å². The van der Waals surface area contributed by atoms with Crippen LogP contribution in [0.15, 0.2) is 6.33 Å². The smallest absolute Gasteiger partial charge is 0.202 e. The van der Waals surface area contributed by atoms with Crippen molar-refractivity contribution < 1.29 is 0 Å². The number of rotatable bonds is 4. The molecule has 0 aliphatic rings. The van der Waals surface area contributed by atoms with Gasteiger partial charge >= 0.3 is 0 Å². The van der Waals surface area contributed by atoms with Gasteiger partial charge in [-0.2, -0.15) is 9.47 Å². The molecule has 0 bridgehead atoms. The van der Waals surface area contributed by atoms with E-state index in [1.54, 1.807) is 0 Å². The Bertz CT molecular complexity index is 406. The Morgan fingerprint density at radius 1 is 1.53 bits per heavy atom. The second-order valence-electron chi connectivity index (χ2n) is 3.40. The summed E-state index contributed by atoms with van der Waals surface area (Å²) >= 11 is 1.37. The summed E-state index contributed by atoms with van der Waals surface area (Å²) in [5, 5.41) is 10.5. The predicted molar refractivity (Wildman–Crippen MR) is 57.7 cm³/mol. The Balaban J connectivity index is 1.94. The molecule has 2 heterocycles. The Hall–Kier alpha value is -1.50. The largest absolute Gasteiger partial charge is 0.353 e. The zero-order valence-corrected chi connectivity index (χ0v) is 9.38. The molecule has 0 aromatic carbocycles. The molecule has 0 atom stereocenters. The quantitative estimate of drug-likeness (QED) is 0.820. The van der Waals surface area contributed by atoms with E-state index < -0.39 is 0 Å². The molecule has 2 N–H and O–H groups in total. The van der Waals surface area contributed by atoms with Crippen LogP contribution in [-0.4, -0.2) is 24.5 Å². The van der Waals surface area contributed by atoms with Crippen molar-refractivity contribution in [3.63, 3.8) is 0 Å². The van der Waals surface area contributed by atoms with E-state index in [1.807, 2.05) is 0 Å². The summed E-state index contributed by atoms with van der Waals surface area (Å²) in [6.07, 6.45) is 1.48. The lowest BCUT2D eigenvalue weighted by Gasteiger charge is -1.97. The highest BCUT2D eigenvalue weighted by atomic mass is 32.1. The number of nitrogens with one attached hydrogen (secondary N) is 2. The van der Waals surface area contributed by atoms with Gasteiger partial charge in [-0.1, -0.05) is 13.8 Å². The fraction of sp³-hybridized carbons (Fsp3) is 0.500. The summed E-state index contributed by atoms with van der Waals surface area (Å²) in [5.41, 5.74) is 0. The van der Waals surface area contributed by atoms with Crippen molar-refractivity contribution in [2.75, 3.05) is 5.32 Å². The van der Waals surface area contributed by atoms with Gasteiger partial charge in [-0.05, 0) is 0 Å². The van der Waals surface area contributed by atoms with Crippen molar-refractivity contribution in [3.8, 4) is 0 Å². The molecule has 6 nitrogen and oxygen atoms in total. The molecule has 0 spiro atoms. The molecule has 0 unspecified atom stereocenters. The highest BCUT2D eigenvalue weighted by Gasteiger charge is 2.07. The highest BCUT2D eigenvalue weighted by Crippen LogP contribution is 2.17. The molecular formula is C8H12N6S. The van der Waals surface area contributed by atoms with Crippen molar-refractivity contribution in [3.05, 3.63) is 18.0 Å². The lowest BCUT2D eigenvalue weighted by molar-refractivity contribution is 0.798. The van der Waals surface area contributed by atoms with Crippen LogP contribution in [-0.2, 0) is 6.54 Å². The Labute approximate surface area is 91.3 Å². The number of nitrogens with zero attached hydrogens (tertiary/aromatic N) is 4. The van der Waals surface area contributed by atoms with Gasteiger partial charge in [0.1, 0.15) is 18.0 Å². The van der Waals surface area contributed by atoms with Gasteiger partial charge in [0.05, 0.1) is 6.54 Å². The van der Waals surface area contributed by atoms with Crippen molar-refractivity contribution in [2.24, 2.45) is 0 Å². The number of H-pyrrole nitrogens is 1. The van der Waals surface area contributed by atoms with E-state index >= 15 is 0 Å². The maximum Gasteiger partial charge on any atom is 0.202 e. The molecule has 0 amide bonds. The first kappa shape index (κ1) is 10.0. The lowest BCUT2D eigenvalue weighted by Crippen LogP contribution is -2.01. The summed E-state index contributed by atoms with van der Waals surface area (Å²) < 4.78 is 4.24. The third-order valence-corrected chi connectivity index (χ3v) is 2.52. The molecule has 0 saturated carbocycles.